The normalized spacial score (nSPS) is 17.4. The summed E-state index contributed by atoms with van der Waals surface area (Å²) in [5.41, 5.74) is 1.09. The van der Waals surface area contributed by atoms with Gasteiger partial charge in [-0.15, -0.1) is 0 Å². The molecule has 0 aromatic heterocycles. The van der Waals surface area contributed by atoms with Crippen LogP contribution in [0.1, 0.15) is 36.0 Å². The van der Waals surface area contributed by atoms with Crippen LogP contribution in [0.25, 0.3) is 0 Å². The molecular weight excluding hydrogens is 452 g/mol. The molecule has 0 atom stereocenters. The first-order valence-electron chi connectivity index (χ1n) is 12.1. The van der Waals surface area contributed by atoms with Crippen LogP contribution in [-0.4, -0.2) is 73.5 Å². The van der Waals surface area contributed by atoms with E-state index in [1.165, 1.54) is 0 Å². The standard InChI is InChI=1S/C26H33ClN4O3/c27-20-9-11-22(12-10-20)34-18-17-30-13-15-31(16-14-30)19-25(32)29-24-8-4-3-7-23(24)26(33)28-21-5-1-2-6-21/h3-4,7-12,21H,1-2,5-6,13-19H2,(H,28,33)(H,29,32). The molecule has 1 heterocycles. The van der Waals surface area contributed by atoms with Crippen molar-refractivity contribution in [1.82, 2.24) is 15.1 Å². The highest BCUT2D eigenvalue weighted by molar-refractivity contribution is 6.30. The lowest BCUT2D eigenvalue weighted by atomic mass is 10.1. The van der Waals surface area contributed by atoms with Gasteiger partial charge in [-0.1, -0.05) is 36.6 Å². The molecular formula is C26H33ClN4O3. The molecule has 2 aromatic carbocycles. The number of carbonyl (C=O) groups is 2. The van der Waals surface area contributed by atoms with Gasteiger partial charge in [0.15, 0.2) is 0 Å². The molecule has 0 spiro atoms. The number of carbonyl (C=O) groups excluding carboxylic acids is 2. The van der Waals surface area contributed by atoms with Crippen LogP contribution in [0.15, 0.2) is 48.5 Å². The van der Waals surface area contributed by atoms with Crippen molar-refractivity contribution in [3.63, 3.8) is 0 Å². The van der Waals surface area contributed by atoms with Gasteiger partial charge in [0.25, 0.3) is 5.91 Å². The van der Waals surface area contributed by atoms with Crippen molar-refractivity contribution in [3.8, 4) is 5.75 Å². The predicted octanol–water partition coefficient (Wildman–Crippen LogP) is 3.65. The van der Waals surface area contributed by atoms with Crippen molar-refractivity contribution in [1.29, 1.82) is 0 Å². The lowest BCUT2D eigenvalue weighted by Crippen LogP contribution is -2.49. The van der Waals surface area contributed by atoms with E-state index >= 15 is 0 Å². The van der Waals surface area contributed by atoms with E-state index in [0.717, 1.165) is 64.2 Å². The fourth-order valence-electron chi connectivity index (χ4n) is 4.51. The Morgan fingerprint density at radius 3 is 2.35 bits per heavy atom. The van der Waals surface area contributed by atoms with Crippen LogP contribution in [0.5, 0.6) is 5.75 Å². The van der Waals surface area contributed by atoms with E-state index in [0.29, 0.717) is 29.4 Å². The number of rotatable bonds is 9. The maximum atomic E-state index is 12.7. The van der Waals surface area contributed by atoms with E-state index in [4.69, 9.17) is 16.3 Å². The first-order chi connectivity index (χ1) is 16.6. The van der Waals surface area contributed by atoms with Gasteiger partial charge in [0, 0.05) is 43.8 Å². The molecule has 2 N–H and O–H groups in total. The Kier molecular flexibility index (Phi) is 8.79. The van der Waals surface area contributed by atoms with Crippen LogP contribution in [0.3, 0.4) is 0 Å². The molecule has 1 saturated heterocycles. The molecule has 2 amide bonds. The molecule has 1 aliphatic heterocycles. The number of halogens is 1. The molecule has 8 heteroatoms. The quantitative estimate of drug-likeness (QED) is 0.568. The molecule has 182 valence electrons. The molecule has 7 nitrogen and oxygen atoms in total. The van der Waals surface area contributed by atoms with Crippen molar-refractivity contribution in [2.24, 2.45) is 0 Å². The number of benzene rings is 2. The molecule has 0 bridgehead atoms. The maximum absolute atomic E-state index is 12.7. The van der Waals surface area contributed by atoms with E-state index < -0.39 is 0 Å². The van der Waals surface area contributed by atoms with Gasteiger partial charge in [-0.3, -0.25) is 19.4 Å². The van der Waals surface area contributed by atoms with Crippen LogP contribution in [0.4, 0.5) is 5.69 Å². The fraction of sp³-hybridized carbons (Fsp3) is 0.462. The number of piperazine rings is 1. The topological polar surface area (TPSA) is 73.9 Å². The minimum atomic E-state index is -0.114. The number of anilines is 1. The molecule has 0 unspecified atom stereocenters. The van der Waals surface area contributed by atoms with Gasteiger partial charge in [0.2, 0.25) is 5.91 Å². The van der Waals surface area contributed by atoms with Crippen LogP contribution < -0.4 is 15.4 Å². The summed E-state index contributed by atoms with van der Waals surface area (Å²) in [5, 5.41) is 6.75. The van der Waals surface area contributed by atoms with Gasteiger partial charge in [0.05, 0.1) is 17.8 Å². The third-order valence-electron chi connectivity index (χ3n) is 6.46. The first kappa shape index (κ1) is 24.5. The molecule has 2 aliphatic rings. The summed E-state index contributed by atoms with van der Waals surface area (Å²) in [5.74, 6) is 0.606. The number of nitrogens with zero attached hydrogens (tertiary/aromatic N) is 2. The third kappa shape index (κ3) is 7.19. The van der Waals surface area contributed by atoms with Crippen molar-refractivity contribution in [2.45, 2.75) is 31.7 Å². The zero-order valence-electron chi connectivity index (χ0n) is 19.5. The maximum Gasteiger partial charge on any atom is 0.253 e. The highest BCUT2D eigenvalue weighted by atomic mass is 35.5. The van der Waals surface area contributed by atoms with Gasteiger partial charge in [-0.05, 0) is 49.2 Å². The summed E-state index contributed by atoms with van der Waals surface area (Å²) in [6, 6.07) is 14.9. The summed E-state index contributed by atoms with van der Waals surface area (Å²) < 4.78 is 5.78. The number of hydrogen-bond acceptors (Lipinski definition) is 5. The molecule has 34 heavy (non-hydrogen) atoms. The Morgan fingerprint density at radius 1 is 0.941 bits per heavy atom. The Bertz CT molecular complexity index is 955. The summed E-state index contributed by atoms with van der Waals surface area (Å²) in [4.78, 5) is 29.9. The summed E-state index contributed by atoms with van der Waals surface area (Å²) in [7, 11) is 0. The van der Waals surface area contributed by atoms with E-state index in [-0.39, 0.29) is 17.9 Å². The lowest BCUT2D eigenvalue weighted by molar-refractivity contribution is -0.117. The molecule has 2 aromatic rings. The van der Waals surface area contributed by atoms with Crippen LogP contribution in [-0.2, 0) is 4.79 Å². The van der Waals surface area contributed by atoms with E-state index in [9.17, 15) is 9.59 Å². The zero-order valence-corrected chi connectivity index (χ0v) is 20.2. The van der Waals surface area contributed by atoms with Gasteiger partial charge in [-0.2, -0.15) is 0 Å². The van der Waals surface area contributed by atoms with Gasteiger partial charge < -0.3 is 15.4 Å². The van der Waals surface area contributed by atoms with Crippen molar-refractivity contribution in [2.75, 3.05) is 51.2 Å². The molecule has 2 fully saturated rings. The fourth-order valence-corrected chi connectivity index (χ4v) is 4.64. The second-order valence-electron chi connectivity index (χ2n) is 8.97. The second kappa shape index (κ2) is 12.2. The van der Waals surface area contributed by atoms with Crippen molar-refractivity contribution in [3.05, 3.63) is 59.1 Å². The smallest absolute Gasteiger partial charge is 0.253 e. The summed E-state index contributed by atoms with van der Waals surface area (Å²) >= 11 is 5.90. The zero-order chi connectivity index (χ0) is 23.8. The first-order valence-corrected chi connectivity index (χ1v) is 12.5. The number of hydrogen-bond donors (Lipinski definition) is 2. The van der Waals surface area contributed by atoms with Crippen molar-refractivity contribution >= 4 is 29.1 Å². The molecule has 0 radical (unpaired) electrons. The van der Waals surface area contributed by atoms with Gasteiger partial charge >= 0.3 is 0 Å². The third-order valence-corrected chi connectivity index (χ3v) is 6.71. The highest BCUT2D eigenvalue weighted by Gasteiger charge is 2.22. The van der Waals surface area contributed by atoms with E-state index in [2.05, 4.69) is 20.4 Å². The molecule has 1 aliphatic carbocycles. The largest absolute Gasteiger partial charge is 0.492 e. The Morgan fingerprint density at radius 2 is 1.62 bits per heavy atom. The van der Waals surface area contributed by atoms with E-state index in [1.54, 1.807) is 12.1 Å². The summed E-state index contributed by atoms with van der Waals surface area (Å²) in [6.07, 6.45) is 4.37. The van der Waals surface area contributed by atoms with Crippen LogP contribution in [0.2, 0.25) is 5.02 Å². The number of para-hydroxylation sites is 1. The lowest BCUT2D eigenvalue weighted by Gasteiger charge is -2.34. The summed E-state index contributed by atoms with van der Waals surface area (Å²) in [6.45, 7) is 5.17. The van der Waals surface area contributed by atoms with Gasteiger partial charge in [-0.25, -0.2) is 0 Å². The SMILES string of the molecule is O=C(CN1CCN(CCOc2ccc(Cl)cc2)CC1)Nc1ccccc1C(=O)NC1CCCC1. The Hall–Kier alpha value is -2.61. The minimum Gasteiger partial charge on any atom is -0.492 e. The average molecular weight is 485 g/mol. The highest BCUT2D eigenvalue weighted by Crippen LogP contribution is 2.20. The Labute approximate surface area is 206 Å². The van der Waals surface area contributed by atoms with E-state index in [1.807, 2.05) is 36.4 Å². The average Bonchev–Trinajstić information content (AvgIpc) is 3.35. The molecule has 1 saturated carbocycles. The van der Waals surface area contributed by atoms with Gasteiger partial charge in [0.1, 0.15) is 12.4 Å². The van der Waals surface area contributed by atoms with Crippen LogP contribution >= 0.6 is 11.6 Å². The van der Waals surface area contributed by atoms with Crippen LogP contribution in [0, 0.1) is 0 Å². The molecule has 4 rings (SSSR count). The Balaban J connectivity index is 1.19. The minimum absolute atomic E-state index is 0.0966. The van der Waals surface area contributed by atoms with Crippen molar-refractivity contribution < 1.29 is 14.3 Å². The predicted molar refractivity (Wildman–Crippen MR) is 135 cm³/mol. The monoisotopic (exact) mass is 484 g/mol. The number of ether oxygens (including phenoxy) is 1. The second-order valence-corrected chi connectivity index (χ2v) is 9.41. The number of nitrogens with one attached hydrogen (secondary N) is 2. The number of amides is 2.